The van der Waals surface area contributed by atoms with Crippen molar-refractivity contribution in [2.75, 3.05) is 18.1 Å². The predicted octanol–water partition coefficient (Wildman–Crippen LogP) is 2.02. The Balaban J connectivity index is 1.82. The van der Waals surface area contributed by atoms with Crippen molar-refractivity contribution in [3.05, 3.63) is 58.7 Å². The molecule has 3 N–H and O–H groups in total. The second-order valence-corrected chi connectivity index (χ2v) is 9.71. The van der Waals surface area contributed by atoms with Gasteiger partial charge in [-0.3, -0.25) is 4.79 Å². The quantitative estimate of drug-likeness (QED) is 0.823. The first-order valence-electron chi connectivity index (χ1n) is 9.41. The van der Waals surface area contributed by atoms with Crippen LogP contribution in [0, 0.1) is 5.41 Å². The summed E-state index contributed by atoms with van der Waals surface area (Å²) in [6.07, 6.45) is 2.93. The Morgan fingerprint density at radius 3 is 2.68 bits per heavy atom. The number of hydrogen-bond acceptors (Lipinski definition) is 4. The summed E-state index contributed by atoms with van der Waals surface area (Å²) in [6.45, 7) is 2.26. The van der Waals surface area contributed by atoms with Crippen molar-refractivity contribution in [1.29, 1.82) is 0 Å². The standard InChI is InChI=1S/C21H24N2O4S/c1-21(13-24)11-15-5-2-3-8-18(15)23(12-21)20(25)16-9-14-6-4-7-17(14)19(10-16)28(22,26)27/h2-3,5,8-10,24H,4,6-7,11-13H2,1H3,(H2,22,26,27). The molecule has 1 heterocycles. The molecule has 0 bridgehead atoms. The molecule has 2 aromatic carbocycles. The molecule has 2 aromatic rings. The van der Waals surface area contributed by atoms with E-state index in [1.165, 1.54) is 6.07 Å². The van der Waals surface area contributed by atoms with Gasteiger partial charge in [0.05, 0.1) is 11.5 Å². The van der Waals surface area contributed by atoms with Gasteiger partial charge in [0, 0.05) is 23.2 Å². The lowest BCUT2D eigenvalue weighted by molar-refractivity contribution is 0.0936. The monoisotopic (exact) mass is 400 g/mol. The van der Waals surface area contributed by atoms with Crippen molar-refractivity contribution in [2.24, 2.45) is 10.6 Å². The van der Waals surface area contributed by atoms with Crippen LogP contribution >= 0.6 is 0 Å². The minimum atomic E-state index is -3.91. The number of sulfonamides is 1. The maximum absolute atomic E-state index is 13.5. The molecule has 1 amide bonds. The lowest BCUT2D eigenvalue weighted by atomic mass is 9.79. The molecule has 0 fully saturated rings. The highest BCUT2D eigenvalue weighted by Gasteiger charge is 2.37. The fraction of sp³-hybridized carbons (Fsp3) is 0.381. The summed E-state index contributed by atoms with van der Waals surface area (Å²) in [5, 5.41) is 15.3. The van der Waals surface area contributed by atoms with Crippen LogP contribution in [0.2, 0.25) is 0 Å². The maximum Gasteiger partial charge on any atom is 0.258 e. The zero-order chi connectivity index (χ0) is 20.1. The van der Waals surface area contributed by atoms with Crippen LogP contribution in [0.5, 0.6) is 0 Å². The molecule has 0 saturated carbocycles. The number of amides is 1. The smallest absolute Gasteiger partial charge is 0.258 e. The number of nitrogens with zero attached hydrogens (tertiary/aromatic N) is 1. The lowest BCUT2D eigenvalue weighted by Gasteiger charge is -2.40. The number of rotatable bonds is 3. The fourth-order valence-electron chi connectivity index (χ4n) is 4.39. The van der Waals surface area contributed by atoms with Crippen LogP contribution in [0.25, 0.3) is 0 Å². The van der Waals surface area contributed by atoms with E-state index in [4.69, 9.17) is 5.14 Å². The number of anilines is 1. The largest absolute Gasteiger partial charge is 0.396 e. The fourth-order valence-corrected chi connectivity index (χ4v) is 5.26. The molecule has 28 heavy (non-hydrogen) atoms. The van der Waals surface area contributed by atoms with Crippen LogP contribution in [0.4, 0.5) is 5.69 Å². The number of aliphatic hydroxyl groups excluding tert-OH is 1. The third-order valence-corrected chi connectivity index (χ3v) is 6.77. The maximum atomic E-state index is 13.5. The number of carbonyl (C=O) groups excluding carboxylic acids is 1. The minimum Gasteiger partial charge on any atom is -0.396 e. The molecule has 4 rings (SSSR count). The van der Waals surface area contributed by atoms with Gasteiger partial charge in [0.15, 0.2) is 0 Å². The van der Waals surface area contributed by atoms with E-state index in [-0.39, 0.29) is 17.4 Å². The zero-order valence-corrected chi connectivity index (χ0v) is 16.6. The van der Waals surface area contributed by atoms with Crippen LogP contribution in [0.15, 0.2) is 41.3 Å². The molecule has 2 aliphatic rings. The second kappa shape index (κ2) is 6.69. The molecule has 0 spiro atoms. The summed E-state index contributed by atoms with van der Waals surface area (Å²) in [6, 6.07) is 10.8. The Morgan fingerprint density at radius 2 is 1.96 bits per heavy atom. The van der Waals surface area contributed by atoms with Crippen LogP contribution in [-0.2, 0) is 29.3 Å². The molecule has 6 nitrogen and oxygen atoms in total. The number of primary sulfonamides is 1. The summed E-state index contributed by atoms with van der Waals surface area (Å²) in [5.74, 6) is -0.272. The minimum absolute atomic E-state index is 0.0439. The first-order chi connectivity index (χ1) is 13.2. The first-order valence-corrected chi connectivity index (χ1v) is 11.0. The third kappa shape index (κ3) is 3.23. The number of para-hydroxylation sites is 1. The summed E-state index contributed by atoms with van der Waals surface area (Å²) in [7, 11) is -3.91. The van der Waals surface area contributed by atoms with Crippen molar-refractivity contribution in [1.82, 2.24) is 0 Å². The number of nitrogens with two attached hydrogens (primary N) is 1. The average Bonchev–Trinajstić information content (AvgIpc) is 3.13. The molecule has 0 radical (unpaired) electrons. The Bertz CT molecular complexity index is 1060. The molecule has 7 heteroatoms. The van der Waals surface area contributed by atoms with E-state index in [9.17, 15) is 18.3 Å². The molecule has 1 atom stereocenters. The Labute approximate surface area is 165 Å². The predicted molar refractivity (Wildman–Crippen MR) is 107 cm³/mol. The number of benzene rings is 2. The highest BCUT2D eigenvalue weighted by Crippen LogP contribution is 2.38. The van der Waals surface area contributed by atoms with Crippen molar-refractivity contribution in [2.45, 2.75) is 37.5 Å². The number of aryl methyl sites for hydroxylation is 1. The topological polar surface area (TPSA) is 101 Å². The van der Waals surface area contributed by atoms with E-state index in [0.29, 0.717) is 24.9 Å². The summed E-state index contributed by atoms with van der Waals surface area (Å²) < 4.78 is 24.2. The Hall–Kier alpha value is -2.22. The second-order valence-electron chi connectivity index (χ2n) is 8.18. The summed E-state index contributed by atoms with van der Waals surface area (Å²) in [5.41, 5.74) is 3.27. The van der Waals surface area contributed by atoms with E-state index in [0.717, 1.165) is 35.2 Å². The first kappa shape index (κ1) is 19.1. The van der Waals surface area contributed by atoms with Gasteiger partial charge in [0.25, 0.3) is 5.91 Å². The molecule has 1 unspecified atom stereocenters. The summed E-state index contributed by atoms with van der Waals surface area (Å²) >= 11 is 0. The van der Waals surface area contributed by atoms with Gasteiger partial charge >= 0.3 is 0 Å². The lowest BCUT2D eigenvalue weighted by Crippen LogP contribution is -2.47. The molecule has 0 saturated heterocycles. The van der Waals surface area contributed by atoms with E-state index in [1.54, 1.807) is 11.0 Å². The highest BCUT2D eigenvalue weighted by atomic mass is 32.2. The van der Waals surface area contributed by atoms with Crippen molar-refractivity contribution >= 4 is 21.6 Å². The van der Waals surface area contributed by atoms with E-state index in [1.807, 2.05) is 31.2 Å². The van der Waals surface area contributed by atoms with Crippen molar-refractivity contribution < 1.29 is 18.3 Å². The van der Waals surface area contributed by atoms with Crippen LogP contribution in [0.3, 0.4) is 0 Å². The Morgan fingerprint density at radius 1 is 1.21 bits per heavy atom. The molecular formula is C21H24N2O4S. The van der Waals surface area contributed by atoms with Gasteiger partial charge in [-0.1, -0.05) is 25.1 Å². The van der Waals surface area contributed by atoms with Crippen molar-refractivity contribution in [3.8, 4) is 0 Å². The molecule has 0 aromatic heterocycles. The van der Waals surface area contributed by atoms with Crippen LogP contribution in [0.1, 0.15) is 40.4 Å². The van der Waals surface area contributed by atoms with Gasteiger partial charge in [-0.2, -0.15) is 0 Å². The van der Waals surface area contributed by atoms with Gasteiger partial charge in [-0.25, -0.2) is 13.6 Å². The van der Waals surface area contributed by atoms with E-state index >= 15 is 0 Å². The van der Waals surface area contributed by atoms with Gasteiger partial charge < -0.3 is 10.0 Å². The molecule has 1 aliphatic heterocycles. The Kier molecular flexibility index (Phi) is 4.56. The number of fused-ring (bicyclic) bond motifs is 2. The number of carbonyl (C=O) groups is 1. The van der Waals surface area contributed by atoms with Crippen molar-refractivity contribution in [3.63, 3.8) is 0 Å². The summed E-state index contributed by atoms with van der Waals surface area (Å²) in [4.78, 5) is 15.2. The van der Waals surface area contributed by atoms with Gasteiger partial charge in [-0.05, 0) is 60.6 Å². The SMILES string of the molecule is CC1(CO)Cc2ccccc2N(C(=O)c2cc3c(c(S(N)(=O)=O)c2)CCC3)C1. The molecular weight excluding hydrogens is 376 g/mol. The van der Waals surface area contributed by atoms with Crippen LogP contribution < -0.4 is 10.0 Å². The number of aliphatic hydroxyl groups is 1. The normalized spacial score (nSPS) is 21.3. The molecule has 1 aliphatic carbocycles. The van der Waals surface area contributed by atoms with E-state index in [2.05, 4.69) is 0 Å². The van der Waals surface area contributed by atoms with Crippen LogP contribution in [-0.4, -0.2) is 32.6 Å². The highest BCUT2D eigenvalue weighted by molar-refractivity contribution is 7.89. The third-order valence-electron chi connectivity index (χ3n) is 5.79. The van der Waals surface area contributed by atoms with Gasteiger partial charge in [0.2, 0.25) is 10.0 Å². The zero-order valence-electron chi connectivity index (χ0n) is 15.8. The number of hydrogen-bond donors (Lipinski definition) is 2. The molecule has 148 valence electrons. The van der Waals surface area contributed by atoms with E-state index < -0.39 is 15.4 Å². The van der Waals surface area contributed by atoms with Gasteiger partial charge in [0.1, 0.15) is 0 Å². The van der Waals surface area contributed by atoms with Gasteiger partial charge in [-0.15, -0.1) is 0 Å². The average molecular weight is 401 g/mol.